The summed E-state index contributed by atoms with van der Waals surface area (Å²) in [5, 5.41) is 13.4. The van der Waals surface area contributed by atoms with Gasteiger partial charge in [0, 0.05) is 29.7 Å². The number of carboxylic acids is 1. The lowest BCUT2D eigenvalue weighted by atomic mass is 10.1. The highest BCUT2D eigenvalue weighted by Crippen LogP contribution is 2.24. The number of rotatable bonds is 3. The number of carbonyl (C=O) groups is 2. The van der Waals surface area contributed by atoms with Crippen molar-refractivity contribution in [2.75, 3.05) is 13.1 Å². The monoisotopic (exact) mass is 320 g/mol. The fourth-order valence-electron chi connectivity index (χ4n) is 2.43. The smallest absolute Gasteiger partial charge is 0.308 e. The van der Waals surface area contributed by atoms with Gasteiger partial charge in [-0.1, -0.05) is 16.8 Å². The van der Waals surface area contributed by atoms with Crippen LogP contribution in [0, 0.1) is 5.92 Å². The Morgan fingerprint density at radius 3 is 2.68 bits per heavy atom. The molecule has 3 rings (SSSR count). The van der Waals surface area contributed by atoms with Crippen LogP contribution in [0.2, 0.25) is 5.02 Å². The molecule has 0 aliphatic carbocycles. The third-order valence-corrected chi connectivity index (χ3v) is 3.93. The molecule has 0 radical (unpaired) electrons. The van der Waals surface area contributed by atoms with Crippen LogP contribution in [0.1, 0.15) is 16.9 Å². The number of hydrogen-bond donors (Lipinski definition) is 1. The number of carboxylic acid groups (broad SMARTS) is 1. The van der Waals surface area contributed by atoms with Crippen molar-refractivity contribution in [3.8, 4) is 11.3 Å². The SMILES string of the molecule is O=C(O)C1CCN(C(=O)c2cc(-c3ccc(Cl)cc3)on2)C1. The molecule has 2 aromatic rings. The molecule has 1 aliphatic rings. The van der Waals surface area contributed by atoms with E-state index in [1.165, 1.54) is 4.90 Å². The molecule has 1 aromatic heterocycles. The Morgan fingerprint density at radius 2 is 2.05 bits per heavy atom. The Kier molecular flexibility index (Phi) is 3.85. The minimum Gasteiger partial charge on any atom is -0.481 e. The quantitative estimate of drug-likeness (QED) is 0.939. The summed E-state index contributed by atoms with van der Waals surface area (Å²) in [6, 6.07) is 8.54. The summed E-state index contributed by atoms with van der Waals surface area (Å²) >= 11 is 5.83. The van der Waals surface area contributed by atoms with E-state index in [0.717, 1.165) is 5.56 Å². The van der Waals surface area contributed by atoms with E-state index in [1.807, 2.05) is 0 Å². The van der Waals surface area contributed by atoms with Gasteiger partial charge >= 0.3 is 5.97 Å². The van der Waals surface area contributed by atoms with E-state index in [1.54, 1.807) is 30.3 Å². The van der Waals surface area contributed by atoms with Gasteiger partial charge in [-0.3, -0.25) is 9.59 Å². The van der Waals surface area contributed by atoms with Crippen LogP contribution in [-0.4, -0.2) is 40.1 Å². The summed E-state index contributed by atoms with van der Waals surface area (Å²) in [5.74, 6) is -1.23. The van der Waals surface area contributed by atoms with Gasteiger partial charge in [-0.25, -0.2) is 0 Å². The van der Waals surface area contributed by atoms with Crippen LogP contribution in [0.15, 0.2) is 34.9 Å². The average Bonchev–Trinajstić information content (AvgIpc) is 3.17. The minimum absolute atomic E-state index is 0.177. The summed E-state index contributed by atoms with van der Waals surface area (Å²) in [5.41, 5.74) is 0.941. The number of aromatic nitrogens is 1. The number of hydrogen-bond acceptors (Lipinski definition) is 4. The van der Waals surface area contributed by atoms with E-state index in [-0.39, 0.29) is 18.1 Å². The molecule has 1 aromatic carbocycles. The summed E-state index contributed by atoms with van der Waals surface area (Å²) in [6.07, 6.45) is 0.461. The zero-order chi connectivity index (χ0) is 15.7. The fourth-order valence-corrected chi connectivity index (χ4v) is 2.56. The molecule has 1 unspecified atom stereocenters. The Balaban J connectivity index is 1.75. The molecule has 1 N–H and O–H groups in total. The van der Waals surface area contributed by atoms with Gasteiger partial charge in [0.25, 0.3) is 5.91 Å². The van der Waals surface area contributed by atoms with Gasteiger partial charge < -0.3 is 14.5 Å². The molecule has 1 aliphatic heterocycles. The highest BCUT2D eigenvalue weighted by molar-refractivity contribution is 6.30. The van der Waals surface area contributed by atoms with E-state index < -0.39 is 11.9 Å². The van der Waals surface area contributed by atoms with Crippen LogP contribution in [0.5, 0.6) is 0 Å². The molecular weight excluding hydrogens is 308 g/mol. The molecule has 7 heteroatoms. The van der Waals surface area contributed by atoms with Crippen molar-refractivity contribution >= 4 is 23.5 Å². The van der Waals surface area contributed by atoms with Gasteiger partial charge in [0.1, 0.15) is 0 Å². The number of benzene rings is 1. The molecule has 1 atom stereocenters. The second-order valence-electron chi connectivity index (χ2n) is 5.16. The molecule has 22 heavy (non-hydrogen) atoms. The van der Waals surface area contributed by atoms with Gasteiger partial charge in [-0.15, -0.1) is 0 Å². The highest BCUT2D eigenvalue weighted by Gasteiger charge is 2.32. The number of halogens is 1. The maximum absolute atomic E-state index is 12.3. The van der Waals surface area contributed by atoms with Crippen molar-refractivity contribution in [1.29, 1.82) is 0 Å². The minimum atomic E-state index is -0.877. The third kappa shape index (κ3) is 2.82. The number of likely N-dealkylation sites (tertiary alicyclic amines) is 1. The molecule has 1 fully saturated rings. The van der Waals surface area contributed by atoms with Crippen molar-refractivity contribution in [2.45, 2.75) is 6.42 Å². The fraction of sp³-hybridized carbons (Fsp3) is 0.267. The average molecular weight is 321 g/mol. The lowest BCUT2D eigenvalue weighted by Crippen LogP contribution is -2.30. The van der Waals surface area contributed by atoms with E-state index in [2.05, 4.69) is 5.16 Å². The van der Waals surface area contributed by atoms with Crippen molar-refractivity contribution in [3.63, 3.8) is 0 Å². The predicted octanol–water partition coefficient (Wildman–Crippen LogP) is 2.54. The Labute approximate surface area is 131 Å². The summed E-state index contributed by atoms with van der Waals surface area (Å²) in [7, 11) is 0. The first-order chi connectivity index (χ1) is 10.5. The van der Waals surface area contributed by atoms with E-state index in [4.69, 9.17) is 21.2 Å². The standard InChI is InChI=1S/C15H13ClN2O4/c16-11-3-1-9(2-4-11)13-7-12(17-22-13)14(19)18-6-5-10(8-18)15(20)21/h1-4,7,10H,5-6,8H2,(H,20,21). The maximum Gasteiger partial charge on any atom is 0.308 e. The molecule has 2 heterocycles. The number of carbonyl (C=O) groups excluding carboxylic acids is 1. The zero-order valence-electron chi connectivity index (χ0n) is 11.5. The van der Waals surface area contributed by atoms with Crippen molar-refractivity contribution < 1.29 is 19.2 Å². The lowest BCUT2D eigenvalue weighted by molar-refractivity contribution is -0.141. The second-order valence-corrected chi connectivity index (χ2v) is 5.59. The van der Waals surface area contributed by atoms with Gasteiger partial charge in [0.15, 0.2) is 11.5 Å². The Hall–Kier alpha value is -2.34. The Bertz CT molecular complexity index is 711. The molecular formula is C15H13ClN2O4. The topological polar surface area (TPSA) is 83.6 Å². The Morgan fingerprint density at radius 1 is 1.32 bits per heavy atom. The van der Waals surface area contributed by atoms with Crippen molar-refractivity contribution in [1.82, 2.24) is 10.1 Å². The van der Waals surface area contributed by atoms with Gasteiger partial charge in [-0.2, -0.15) is 0 Å². The van der Waals surface area contributed by atoms with Crippen LogP contribution in [-0.2, 0) is 4.79 Å². The molecule has 114 valence electrons. The molecule has 1 saturated heterocycles. The second kappa shape index (κ2) is 5.81. The maximum atomic E-state index is 12.3. The van der Waals surface area contributed by atoms with Gasteiger partial charge in [-0.05, 0) is 30.7 Å². The van der Waals surface area contributed by atoms with Crippen LogP contribution >= 0.6 is 11.6 Å². The molecule has 1 amide bonds. The molecule has 0 bridgehead atoms. The summed E-state index contributed by atoms with van der Waals surface area (Å²) in [6.45, 7) is 0.621. The molecule has 0 spiro atoms. The number of amides is 1. The van der Waals surface area contributed by atoms with Gasteiger partial charge in [0.05, 0.1) is 5.92 Å². The van der Waals surface area contributed by atoms with Crippen LogP contribution in [0.4, 0.5) is 0 Å². The zero-order valence-corrected chi connectivity index (χ0v) is 12.3. The highest BCUT2D eigenvalue weighted by atomic mass is 35.5. The number of nitrogens with zero attached hydrogens (tertiary/aromatic N) is 2. The first-order valence-corrected chi connectivity index (χ1v) is 7.17. The number of aliphatic carboxylic acids is 1. The third-order valence-electron chi connectivity index (χ3n) is 3.68. The van der Waals surface area contributed by atoms with Gasteiger partial charge in [0.2, 0.25) is 0 Å². The van der Waals surface area contributed by atoms with Crippen LogP contribution < -0.4 is 0 Å². The van der Waals surface area contributed by atoms with Crippen molar-refractivity contribution in [2.24, 2.45) is 5.92 Å². The largest absolute Gasteiger partial charge is 0.481 e. The van der Waals surface area contributed by atoms with Crippen LogP contribution in [0.25, 0.3) is 11.3 Å². The summed E-state index contributed by atoms with van der Waals surface area (Å²) in [4.78, 5) is 24.7. The van der Waals surface area contributed by atoms with E-state index in [0.29, 0.717) is 23.7 Å². The molecule has 6 nitrogen and oxygen atoms in total. The molecule has 0 saturated carbocycles. The van der Waals surface area contributed by atoms with E-state index >= 15 is 0 Å². The normalized spacial score (nSPS) is 17.7. The summed E-state index contributed by atoms with van der Waals surface area (Å²) < 4.78 is 5.19. The lowest BCUT2D eigenvalue weighted by Gasteiger charge is -2.13. The predicted molar refractivity (Wildman–Crippen MR) is 78.6 cm³/mol. The van der Waals surface area contributed by atoms with Crippen molar-refractivity contribution in [3.05, 3.63) is 41.0 Å². The first-order valence-electron chi connectivity index (χ1n) is 6.79. The van der Waals surface area contributed by atoms with E-state index in [9.17, 15) is 9.59 Å². The first kappa shape index (κ1) is 14.6. The van der Waals surface area contributed by atoms with Crippen LogP contribution in [0.3, 0.4) is 0 Å².